The van der Waals surface area contributed by atoms with Crippen LogP contribution in [-0.4, -0.2) is 30.1 Å². The molecule has 0 aliphatic carbocycles. The minimum Gasteiger partial charge on any atom is -0.493 e. The van der Waals surface area contributed by atoms with E-state index in [1.807, 2.05) is 36.5 Å². The lowest BCUT2D eigenvalue weighted by atomic mass is 10.1. The van der Waals surface area contributed by atoms with Gasteiger partial charge >= 0.3 is 0 Å². The molecule has 3 aromatic rings. The van der Waals surface area contributed by atoms with Gasteiger partial charge in [-0.15, -0.1) is 0 Å². The number of aryl methyl sites for hydroxylation is 1. The van der Waals surface area contributed by atoms with Crippen molar-refractivity contribution in [2.75, 3.05) is 20.8 Å². The molecule has 0 unspecified atom stereocenters. The summed E-state index contributed by atoms with van der Waals surface area (Å²) in [5, 5.41) is 0. The minimum atomic E-state index is 0.645. The third kappa shape index (κ3) is 3.12. The maximum absolute atomic E-state index is 5.72. The van der Waals surface area contributed by atoms with Gasteiger partial charge in [0, 0.05) is 16.2 Å². The lowest BCUT2D eigenvalue weighted by Gasteiger charge is -2.10. The van der Waals surface area contributed by atoms with Crippen molar-refractivity contribution >= 4 is 21.6 Å². The quantitative estimate of drug-likeness (QED) is 0.698. The summed E-state index contributed by atoms with van der Waals surface area (Å²) < 4.78 is 13.9. The number of fused-ring (bicyclic) bond motifs is 1. The molecule has 5 nitrogen and oxygen atoms in total. The fourth-order valence-corrected chi connectivity index (χ4v) is 3.13. The molecule has 0 aliphatic heterocycles. The van der Waals surface area contributed by atoms with Crippen molar-refractivity contribution in [3.8, 4) is 22.8 Å². The molecule has 0 saturated carbocycles. The molecule has 2 aromatic heterocycles. The van der Waals surface area contributed by atoms with Gasteiger partial charge in [0.15, 0.2) is 11.5 Å². The Morgan fingerprint density at radius 2 is 1.92 bits per heavy atom. The molecule has 0 aliphatic rings. The van der Waals surface area contributed by atoms with Gasteiger partial charge in [0.05, 0.1) is 25.6 Å². The molecule has 126 valence electrons. The maximum Gasteiger partial charge on any atom is 0.161 e. The average Bonchev–Trinajstić information content (AvgIpc) is 2.96. The van der Waals surface area contributed by atoms with Crippen molar-refractivity contribution in [2.24, 2.45) is 5.73 Å². The SMILES string of the molecule is COc1ccc(-c2nc3ccc(Br)cn3c2CCCN)cc1OC. The number of benzene rings is 1. The minimum absolute atomic E-state index is 0.645. The summed E-state index contributed by atoms with van der Waals surface area (Å²) in [7, 11) is 3.27. The number of nitrogens with zero attached hydrogens (tertiary/aromatic N) is 2. The summed E-state index contributed by atoms with van der Waals surface area (Å²) in [6.45, 7) is 0.645. The second-order valence-electron chi connectivity index (χ2n) is 5.44. The predicted molar refractivity (Wildman–Crippen MR) is 98.8 cm³/mol. The second-order valence-corrected chi connectivity index (χ2v) is 6.36. The Morgan fingerprint density at radius 1 is 1.12 bits per heavy atom. The molecule has 0 fully saturated rings. The van der Waals surface area contributed by atoms with Crippen molar-refractivity contribution in [3.05, 3.63) is 46.7 Å². The molecule has 2 N–H and O–H groups in total. The summed E-state index contributed by atoms with van der Waals surface area (Å²) in [4.78, 5) is 4.81. The van der Waals surface area contributed by atoms with E-state index in [9.17, 15) is 0 Å². The van der Waals surface area contributed by atoms with E-state index < -0.39 is 0 Å². The molecule has 0 saturated heterocycles. The molecule has 1 aromatic carbocycles. The third-order valence-corrected chi connectivity index (χ3v) is 4.43. The Balaban J connectivity index is 2.17. The zero-order chi connectivity index (χ0) is 17.1. The van der Waals surface area contributed by atoms with Gasteiger partial charge in [0.25, 0.3) is 0 Å². The molecule has 0 bridgehead atoms. The zero-order valence-electron chi connectivity index (χ0n) is 13.8. The van der Waals surface area contributed by atoms with Gasteiger partial charge in [-0.25, -0.2) is 4.98 Å². The summed E-state index contributed by atoms with van der Waals surface area (Å²) in [6.07, 6.45) is 3.80. The standard InChI is InChI=1S/C18H20BrN3O2/c1-23-15-7-5-12(10-16(15)24-2)18-14(4-3-9-20)22-11-13(19)6-8-17(22)21-18/h5-8,10-11H,3-4,9,20H2,1-2H3. The van der Waals surface area contributed by atoms with Crippen LogP contribution in [0.3, 0.4) is 0 Å². The van der Waals surface area contributed by atoms with Crippen molar-refractivity contribution in [1.29, 1.82) is 0 Å². The number of hydrogen-bond donors (Lipinski definition) is 1. The van der Waals surface area contributed by atoms with Gasteiger partial charge in [0.2, 0.25) is 0 Å². The summed E-state index contributed by atoms with van der Waals surface area (Å²) in [5.74, 6) is 1.40. The first-order valence-corrected chi connectivity index (χ1v) is 8.56. The maximum atomic E-state index is 5.72. The van der Waals surface area contributed by atoms with Crippen LogP contribution in [0.25, 0.3) is 16.9 Å². The number of aromatic nitrogens is 2. The van der Waals surface area contributed by atoms with Crippen LogP contribution >= 0.6 is 15.9 Å². The number of nitrogens with two attached hydrogens (primary N) is 1. The number of hydrogen-bond acceptors (Lipinski definition) is 4. The molecule has 0 spiro atoms. The number of methoxy groups -OCH3 is 2. The largest absolute Gasteiger partial charge is 0.493 e. The lowest BCUT2D eigenvalue weighted by molar-refractivity contribution is 0.355. The van der Waals surface area contributed by atoms with Crippen molar-refractivity contribution < 1.29 is 9.47 Å². The number of ether oxygens (including phenoxy) is 2. The third-order valence-electron chi connectivity index (χ3n) is 3.96. The number of rotatable bonds is 6. The summed E-state index contributed by atoms with van der Waals surface area (Å²) >= 11 is 3.53. The van der Waals surface area contributed by atoms with Crippen LogP contribution in [0.4, 0.5) is 0 Å². The summed E-state index contributed by atoms with van der Waals surface area (Å²) in [5.41, 5.74) is 9.72. The Bertz CT molecular complexity index is 861. The number of pyridine rings is 1. The highest BCUT2D eigenvalue weighted by Crippen LogP contribution is 2.34. The molecule has 2 heterocycles. The van der Waals surface area contributed by atoms with Gasteiger partial charge in [-0.1, -0.05) is 0 Å². The van der Waals surface area contributed by atoms with Crippen LogP contribution in [0.2, 0.25) is 0 Å². The molecule has 6 heteroatoms. The Morgan fingerprint density at radius 3 is 2.62 bits per heavy atom. The van der Waals surface area contributed by atoms with E-state index >= 15 is 0 Å². The first kappa shape index (κ1) is 16.8. The van der Waals surface area contributed by atoms with E-state index in [1.54, 1.807) is 14.2 Å². The molecular formula is C18H20BrN3O2. The smallest absolute Gasteiger partial charge is 0.161 e. The molecule has 0 radical (unpaired) electrons. The Kier molecular flexibility index (Phi) is 5.06. The molecule has 24 heavy (non-hydrogen) atoms. The van der Waals surface area contributed by atoms with Gasteiger partial charge in [0.1, 0.15) is 5.65 Å². The van der Waals surface area contributed by atoms with Crippen LogP contribution in [0.5, 0.6) is 11.5 Å². The van der Waals surface area contributed by atoms with Crippen molar-refractivity contribution in [1.82, 2.24) is 9.38 Å². The van der Waals surface area contributed by atoms with E-state index in [0.717, 1.165) is 39.9 Å². The Labute approximate surface area is 149 Å². The lowest BCUT2D eigenvalue weighted by Crippen LogP contribution is -2.03. The first-order valence-electron chi connectivity index (χ1n) is 7.77. The molecular weight excluding hydrogens is 370 g/mol. The first-order chi connectivity index (χ1) is 11.7. The highest BCUT2D eigenvalue weighted by Gasteiger charge is 2.16. The fraction of sp³-hybridized carbons (Fsp3) is 0.278. The van der Waals surface area contributed by atoms with E-state index in [-0.39, 0.29) is 0 Å². The van der Waals surface area contributed by atoms with E-state index in [1.165, 1.54) is 0 Å². The highest BCUT2D eigenvalue weighted by atomic mass is 79.9. The highest BCUT2D eigenvalue weighted by molar-refractivity contribution is 9.10. The van der Waals surface area contributed by atoms with Crippen LogP contribution in [0, 0.1) is 0 Å². The number of halogens is 1. The van der Waals surface area contributed by atoms with E-state index in [4.69, 9.17) is 20.2 Å². The van der Waals surface area contributed by atoms with Crippen LogP contribution in [-0.2, 0) is 6.42 Å². The Hall–Kier alpha value is -2.05. The fourth-order valence-electron chi connectivity index (χ4n) is 2.79. The van der Waals surface area contributed by atoms with E-state index in [2.05, 4.69) is 20.3 Å². The van der Waals surface area contributed by atoms with Crippen molar-refractivity contribution in [3.63, 3.8) is 0 Å². The van der Waals surface area contributed by atoms with Gasteiger partial charge < -0.3 is 19.6 Å². The van der Waals surface area contributed by atoms with Gasteiger partial charge in [-0.2, -0.15) is 0 Å². The topological polar surface area (TPSA) is 61.8 Å². The molecule has 0 atom stereocenters. The monoisotopic (exact) mass is 389 g/mol. The normalized spacial score (nSPS) is 11.0. The van der Waals surface area contributed by atoms with Crippen LogP contribution < -0.4 is 15.2 Å². The van der Waals surface area contributed by atoms with E-state index in [0.29, 0.717) is 18.0 Å². The number of imidazole rings is 1. The van der Waals surface area contributed by atoms with Crippen LogP contribution in [0.15, 0.2) is 41.0 Å². The second kappa shape index (κ2) is 7.23. The van der Waals surface area contributed by atoms with Crippen LogP contribution in [0.1, 0.15) is 12.1 Å². The van der Waals surface area contributed by atoms with Gasteiger partial charge in [-0.05, 0) is 65.6 Å². The molecule has 0 amide bonds. The van der Waals surface area contributed by atoms with Crippen molar-refractivity contribution in [2.45, 2.75) is 12.8 Å². The summed E-state index contributed by atoms with van der Waals surface area (Å²) in [6, 6.07) is 9.86. The zero-order valence-corrected chi connectivity index (χ0v) is 15.3. The molecule has 3 rings (SSSR count). The average molecular weight is 390 g/mol. The van der Waals surface area contributed by atoms with Gasteiger partial charge in [-0.3, -0.25) is 0 Å². The predicted octanol–water partition coefficient (Wildman–Crippen LogP) is 3.67.